The van der Waals surface area contributed by atoms with Gasteiger partial charge in [-0.05, 0) is 109 Å². The van der Waals surface area contributed by atoms with Crippen LogP contribution >= 0.6 is 164 Å². The molecule has 0 atom stereocenters. The Morgan fingerprint density at radius 2 is 0.586 bits per heavy atom. The molecule has 0 nitrogen and oxygen atoms in total. The van der Waals surface area contributed by atoms with Crippen LogP contribution in [0.15, 0.2) is 62.4 Å². The molecule has 5 rings (SSSR count). The Bertz CT molecular complexity index is 1790. The van der Waals surface area contributed by atoms with E-state index in [1.54, 1.807) is 25.4 Å². The first-order valence-corrected chi connectivity index (χ1v) is 39.4. The van der Waals surface area contributed by atoms with Crippen molar-refractivity contribution >= 4 is 182 Å². The molecule has 0 bridgehead atoms. The highest BCUT2D eigenvalue weighted by Gasteiger charge is 2.29. The van der Waals surface area contributed by atoms with Gasteiger partial charge in [0.2, 0.25) is 0 Å². The van der Waals surface area contributed by atoms with Crippen molar-refractivity contribution in [1.29, 1.82) is 0 Å². The Hall–Kier alpha value is 2.04. The van der Waals surface area contributed by atoms with Crippen molar-refractivity contribution in [2.75, 3.05) is 34.5 Å². The van der Waals surface area contributed by atoms with Crippen molar-refractivity contribution in [3.63, 3.8) is 0 Å². The van der Waals surface area contributed by atoms with Gasteiger partial charge < -0.3 is 0 Å². The van der Waals surface area contributed by atoms with Crippen LogP contribution in [0.4, 0.5) is 0 Å². The van der Waals surface area contributed by atoms with Gasteiger partial charge in [0.05, 0.1) is 38.1 Å². The van der Waals surface area contributed by atoms with E-state index in [1.807, 2.05) is 69.7 Å². The molecule has 2 aromatic rings. The SMILES string of the molecule is CCCCCCSC1=C(SCCCCCC)SC(=Cc2ccc(C(=C3SC(SCCCCCC)=C(SCCCCCC)S3)c3ccc(C=C4SC(SCCCCCC)=C(SCCCCCC)S4)s3)s2)S1. The molecule has 5 heterocycles. The molecule has 392 valence electrons. The molecule has 0 unspecified atom stereocenters. The molecule has 0 saturated carbocycles. The van der Waals surface area contributed by atoms with Crippen LogP contribution < -0.4 is 0 Å². The molecule has 0 amide bonds. The van der Waals surface area contributed by atoms with Crippen molar-refractivity contribution in [2.24, 2.45) is 0 Å². The summed E-state index contributed by atoms with van der Waals surface area (Å²) in [6.45, 7) is 13.9. The number of thiophene rings is 2. The highest BCUT2D eigenvalue weighted by molar-refractivity contribution is 8.42. The fourth-order valence-electron chi connectivity index (χ4n) is 7.44. The third-order valence-electron chi connectivity index (χ3n) is 11.5. The summed E-state index contributed by atoms with van der Waals surface area (Å²) >= 11 is 29.2. The largest absolute Gasteiger partial charge is 0.136 e. The summed E-state index contributed by atoms with van der Waals surface area (Å²) in [6.07, 6.45) is 37.0. The van der Waals surface area contributed by atoms with E-state index in [0.717, 1.165) is 0 Å². The van der Waals surface area contributed by atoms with Crippen LogP contribution in [-0.4, -0.2) is 34.5 Å². The molecule has 0 aliphatic carbocycles. The zero-order valence-electron chi connectivity index (χ0n) is 43.4. The quantitative estimate of drug-likeness (QED) is 0.0584. The standard InChI is InChI=1S/C56H84S14/c1-7-13-19-25-35-57-51-52(58-36-26-20-14-8-2)66-47(65-51)41-43-31-33-45(63-43)49(50-69-55(61-39-29-23-17-11-5)56(70-50)62-40-30-24-18-12-6)46-34-32-44(64-46)42-48-67-53(59-37-27-21-15-9-3)54(68-48)60-38-28-22-16-10-4/h31-34,41-42H,7-30,35-40H2,1-6H3. The van der Waals surface area contributed by atoms with Gasteiger partial charge in [0.1, 0.15) is 0 Å². The Morgan fingerprint density at radius 1 is 0.329 bits per heavy atom. The lowest BCUT2D eigenvalue weighted by Gasteiger charge is -2.08. The maximum absolute atomic E-state index is 2.51. The van der Waals surface area contributed by atoms with Crippen LogP contribution in [0.3, 0.4) is 0 Å². The van der Waals surface area contributed by atoms with E-state index in [2.05, 4.69) is 172 Å². The molecule has 0 aromatic carbocycles. The van der Waals surface area contributed by atoms with Gasteiger partial charge >= 0.3 is 0 Å². The number of rotatable bonds is 40. The summed E-state index contributed by atoms with van der Waals surface area (Å²) in [7, 11) is 0. The highest BCUT2D eigenvalue weighted by Crippen LogP contribution is 2.62. The number of hydrogen-bond donors (Lipinski definition) is 0. The van der Waals surface area contributed by atoms with Crippen LogP contribution in [-0.2, 0) is 0 Å². The average Bonchev–Trinajstić information content (AvgIpc) is 4.23. The van der Waals surface area contributed by atoms with Crippen LogP contribution in [0.2, 0.25) is 0 Å². The number of hydrogen-bond acceptors (Lipinski definition) is 14. The van der Waals surface area contributed by atoms with E-state index in [-0.39, 0.29) is 0 Å². The Kier molecular flexibility index (Phi) is 35.4. The summed E-state index contributed by atoms with van der Waals surface area (Å²) in [5, 5.41) is 0. The number of unbranched alkanes of at least 4 members (excludes halogenated alkanes) is 18. The minimum atomic E-state index is 1.22. The Balaban J connectivity index is 1.41. The van der Waals surface area contributed by atoms with Gasteiger partial charge in [0.15, 0.2) is 0 Å². The van der Waals surface area contributed by atoms with Crippen molar-refractivity contribution in [3.8, 4) is 0 Å². The van der Waals surface area contributed by atoms with E-state index < -0.39 is 0 Å². The molecule has 70 heavy (non-hydrogen) atoms. The third kappa shape index (κ3) is 24.0. The molecular weight excluding hydrogens is 1120 g/mol. The third-order valence-corrected chi connectivity index (χ3v) is 30.4. The van der Waals surface area contributed by atoms with Crippen LogP contribution in [0.25, 0.3) is 17.7 Å². The van der Waals surface area contributed by atoms with Crippen molar-refractivity contribution < 1.29 is 0 Å². The summed E-state index contributed by atoms with van der Waals surface area (Å²) in [4.78, 5) is 5.59. The zero-order valence-corrected chi connectivity index (χ0v) is 54.8. The first-order valence-electron chi connectivity index (χ1n) is 26.9. The summed E-state index contributed by atoms with van der Waals surface area (Å²) in [5.41, 5.74) is 1.46. The lowest BCUT2D eigenvalue weighted by atomic mass is 10.2. The van der Waals surface area contributed by atoms with Gasteiger partial charge in [0.25, 0.3) is 0 Å². The molecule has 0 fully saturated rings. The van der Waals surface area contributed by atoms with Gasteiger partial charge in [-0.3, -0.25) is 0 Å². The predicted octanol–water partition coefficient (Wildman–Crippen LogP) is 25.8. The van der Waals surface area contributed by atoms with Crippen LogP contribution in [0.1, 0.15) is 215 Å². The van der Waals surface area contributed by atoms with Crippen molar-refractivity contribution in [2.45, 2.75) is 196 Å². The summed E-state index contributed by atoms with van der Waals surface area (Å²) < 4.78 is 13.7. The van der Waals surface area contributed by atoms with E-state index in [9.17, 15) is 0 Å². The van der Waals surface area contributed by atoms with Crippen LogP contribution in [0.5, 0.6) is 0 Å². The van der Waals surface area contributed by atoms with Gasteiger partial charge in [-0.15, -0.1) is 93.2 Å². The first kappa shape index (κ1) is 62.9. The Labute approximate surface area is 488 Å². The molecule has 3 aliphatic rings. The van der Waals surface area contributed by atoms with E-state index in [4.69, 9.17) is 0 Å². The minimum Gasteiger partial charge on any atom is -0.136 e. The molecule has 0 N–H and O–H groups in total. The van der Waals surface area contributed by atoms with E-state index in [1.165, 1.54) is 226 Å². The van der Waals surface area contributed by atoms with Crippen molar-refractivity contribution in [1.82, 2.24) is 0 Å². The monoisotopic (exact) mass is 1200 g/mol. The van der Waals surface area contributed by atoms with Gasteiger partial charge in [0, 0.05) is 25.1 Å². The maximum Gasteiger partial charge on any atom is 0.0660 e. The van der Waals surface area contributed by atoms with Crippen LogP contribution in [0, 0.1) is 0 Å². The second-order valence-corrected chi connectivity index (χ2v) is 35.2. The second-order valence-electron chi connectivity index (χ2n) is 17.8. The topological polar surface area (TPSA) is 0 Å². The Morgan fingerprint density at radius 3 is 0.843 bits per heavy atom. The average molecular weight is 1210 g/mol. The normalized spacial score (nSPS) is 15.3. The molecule has 14 heteroatoms. The summed E-state index contributed by atoms with van der Waals surface area (Å²) in [6, 6.07) is 9.75. The smallest absolute Gasteiger partial charge is 0.0660 e. The fourth-order valence-corrected chi connectivity index (χ4v) is 28.0. The molecular formula is C56H84S14. The minimum absolute atomic E-state index is 1.22. The second kappa shape index (κ2) is 39.4. The maximum atomic E-state index is 2.51. The van der Waals surface area contributed by atoms with Gasteiger partial charge in [-0.25, -0.2) is 0 Å². The highest BCUT2D eigenvalue weighted by atomic mass is 32.3. The fraction of sp³-hybridized carbons (Fsp3) is 0.643. The van der Waals surface area contributed by atoms with E-state index >= 15 is 0 Å². The lowest BCUT2D eigenvalue weighted by molar-refractivity contribution is 0.707. The first-order chi connectivity index (χ1) is 34.5. The number of thioether (sulfide) groups is 12. The molecule has 0 radical (unpaired) electrons. The predicted molar refractivity (Wildman–Crippen MR) is 357 cm³/mol. The molecule has 0 saturated heterocycles. The van der Waals surface area contributed by atoms with Gasteiger partial charge in [-0.1, -0.05) is 228 Å². The molecule has 0 spiro atoms. The molecule has 2 aromatic heterocycles. The zero-order chi connectivity index (χ0) is 49.4. The summed E-state index contributed by atoms with van der Waals surface area (Å²) in [5.74, 6) is 7.41. The van der Waals surface area contributed by atoms with E-state index in [0.29, 0.717) is 0 Å². The lowest BCUT2D eigenvalue weighted by Crippen LogP contribution is -1.83. The van der Waals surface area contributed by atoms with Crippen molar-refractivity contribution in [3.05, 3.63) is 81.9 Å². The van der Waals surface area contributed by atoms with Gasteiger partial charge in [-0.2, -0.15) is 0 Å². The molecule has 3 aliphatic heterocycles.